The highest BCUT2D eigenvalue weighted by molar-refractivity contribution is 6.34. The normalized spacial score (nSPS) is 16.8. The molecule has 0 aliphatic carbocycles. The average Bonchev–Trinajstić information content (AvgIpc) is 2.96. The van der Waals surface area contributed by atoms with Crippen LogP contribution in [0.1, 0.15) is 27.3 Å². The van der Waals surface area contributed by atoms with Gasteiger partial charge in [0.25, 0.3) is 5.91 Å². The zero-order valence-corrected chi connectivity index (χ0v) is 13.7. The van der Waals surface area contributed by atoms with Crippen molar-refractivity contribution in [3.8, 4) is 0 Å². The van der Waals surface area contributed by atoms with Crippen molar-refractivity contribution in [3.05, 3.63) is 58.9 Å². The van der Waals surface area contributed by atoms with Crippen molar-refractivity contribution in [3.63, 3.8) is 0 Å². The van der Waals surface area contributed by atoms with Gasteiger partial charge in [-0.05, 0) is 30.7 Å². The van der Waals surface area contributed by atoms with Gasteiger partial charge >= 0.3 is 5.97 Å². The number of benzene rings is 1. The van der Waals surface area contributed by atoms with E-state index in [-0.39, 0.29) is 17.2 Å². The summed E-state index contributed by atoms with van der Waals surface area (Å²) in [6.45, 7) is 0.448. The van der Waals surface area contributed by atoms with E-state index in [9.17, 15) is 14.4 Å². The summed E-state index contributed by atoms with van der Waals surface area (Å²) in [5.41, 5.74) is 0.644. The van der Waals surface area contributed by atoms with Crippen LogP contribution < -0.4 is 10.2 Å². The molecule has 1 aliphatic heterocycles. The summed E-state index contributed by atoms with van der Waals surface area (Å²) in [5, 5.41) is 11.9. The number of anilines is 1. The summed E-state index contributed by atoms with van der Waals surface area (Å²) in [6, 6.07) is 8.95. The summed E-state index contributed by atoms with van der Waals surface area (Å²) < 4.78 is 0. The van der Waals surface area contributed by atoms with Gasteiger partial charge in [0.05, 0.1) is 16.3 Å². The smallest absolute Gasteiger partial charge is 0.354 e. The molecule has 0 saturated carbocycles. The van der Waals surface area contributed by atoms with Crippen molar-refractivity contribution < 1.29 is 19.5 Å². The fourth-order valence-electron chi connectivity index (χ4n) is 2.62. The Morgan fingerprint density at radius 1 is 1.24 bits per heavy atom. The third-order valence-electron chi connectivity index (χ3n) is 3.90. The lowest BCUT2D eigenvalue weighted by atomic mass is 10.2. The Hall–Kier alpha value is -2.93. The first kappa shape index (κ1) is 16.9. The second-order valence-electron chi connectivity index (χ2n) is 5.49. The van der Waals surface area contributed by atoms with E-state index in [0.717, 1.165) is 0 Å². The van der Waals surface area contributed by atoms with Crippen molar-refractivity contribution in [2.24, 2.45) is 0 Å². The summed E-state index contributed by atoms with van der Waals surface area (Å²) in [6.07, 6.45) is 1.63. The number of aromatic carboxylic acids is 1. The fourth-order valence-corrected chi connectivity index (χ4v) is 2.86. The number of hydrogen-bond donors (Lipinski definition) is 2. The Labute approximate surface area is 148 Å². The van der Waals surface area contributed by atoms with Crippen LogP contribution in [0.5, 0.6) is 0 Å². The molecule has 2 amide bonds. The van der Waals surface area contributed by atoms with Gasteiger partial charge in [-0.3, -0.25) is 9.59 Å². The van der Waals surface area contributed by atoms with Gasteiger partial charge in [-0.25, -0.2) is 9.78 Å². The summed E-state index contributed by atoms with van der Waals surface area (Å²) in [7, 11) is 0. The highest BCUT2D eigenvalue weighted by Gasteiger charge is 2.34. The van der Waals surface area contributed by atoms with Crippen LogP contribution in [-0.4, -0.2) is 40.5 Å². The van der Waals surface area contributed by atoms with E-state index in [0.29, 0.717) is 23.7 Å². The SMILES string of the molecule is O=C(N[C@@H]1CCN(c2ccccc2Cl)C1=O)c1ccc(C(=O)O)nc1. The molecule has 1 atom stereocenters. The van der Waals surface area contributed by atoms with Crippen molar-refractivity contribution in [1.82, 2.24) is 10.3 Å². The molecule has 25 heavy (non-hydrogen) atoms. The van der Waals surface area contributed by atoms with Crippen LogP contribution in [-0.2, 0) is 4.79 Å². The van der Waals surface area contributed by atoms with E-state index >= 15 is 0 Å². The fraction of sp³-hybridized carbons (Fsp3) is 0.176. The maximum absolute atomic E-state index is 12.5. The molecule has 0 radical (unpaired) electrons. The molecular formula is C17H14ClN3O4. The summed E-state index contributed by atoms with van der Waals surface area (Å²) in [4.78, 5) is 40.8. The molecule has 1 aliphatic rings. The van der Waals surface area contributed by atoms with E-state index in [1.807, 2.05) is 0 Å². The lowest BCUT2D eigenvalue weighted by Crippen LogP contribution is -2.41. The molecule has 1 saturated heterocycles. The number of amides is 2. The van der Waals surface area contributed by atoms with Gasteiger partial charge in [0, 0.05) is 12.7 Å². The molecule has 128 valence electrons. The highest BCUT2D eigenvalue weighted by Crippen LogP contribution is 2.29. The third kappa shape index (κ3) is 3.46. The van der Waals surface area contributed by atoms with Crippen LogP contribution in [0.4, 0.5) is 5.69 Å². The topological polar surface area (TPSA) is 99.6 Å². The number of carboxylic acids is 1. The standard InChI is InChI=1S/C17H14ClN3O4/c18-11-3-1-2-4-14(11)21-8-7-12(16(21)23)20-15(22)10-5-6-13(17(24)25)19-9-10/h1-6,9,12H,7-8H2,(H,20,22)(H,24,25)/t12-/m1/s1. The number of pyridine rings is 1. The molecule has 1 fully saturated rings. The molecule has 0 bridgehead atoms. The van der Waals surface area contributed by atoms with E-state index < -0.39 is 17.9 Å². The molecule has 2 N–H and O–H groups in total. The molecule has 3 rings (SSSR count). The molecule has 8 heteroatoms. The third-order valence-corrected chi connectivity index (χ3v) is 4.22. The predicted octanol–water partition coefficient (Wildman–Crippen LogP) is 1.97. The Morgan fingerprint density at radius 3 is 2.64 bits per heavy atom. The molecule has 2 aromatic rings. The Morgan fingerprint density at radius 2 is 2.00 bits per heavy atom. The van der Waals surface area contributed by atoms with E-state index in [2.05, 4.69) is 10.3 Å². The van der Waals surface area contributed by atoms with Gasteiger partial charge < -0.3 is 15.3 Å². The first-order valence-electron chi connectivity index (χ1n) is 7.53. The molecule has 1 aromatic heterocycles. The van der Waals surface area contributed by atoms with Gasteiger partial charge in [-0.1, -0.05) is 23.7 Å². The summed E-state index contributed by atoms with van der Waals surface area (Å²) >= 11 is 6.12. The zero-order valence-electron chi connectivity index (χ0n) is 13.0. The average molecular weight is 360 g/mol. The molecule has 7 nitrogen and oxygen atoms in total. The van der Waals surface area contributed by atoms with Crippen molar-refractivity contribution in [1.29, 1.82) is 0 Å². The van der Waals surface area contributed by atoms with Gasteiger partial charge in [0.2, 0.25) is 5.91 Å². The van der Waals surface area contributed by atoms with Crippen LogP contribution in [0, 0.1) is 0 Å². The number of hydrogen-bond acceptors (Lipinski definition) is 4. The molecule has 0 spiro atoms. The zero-order chi connectivity index (χ0) is 18.0. The van der Waals surface area contributed by atoms with Crippen molar-refractivity contribution >= 4 is 35.1 Å². The second kappa shape index (κ2) is 6.90. The molecule has 0 unspecified atom stereocenters. The monoisotopic (exact) mass is 359 g/mol. The van der Waals surface area contributed by atoms with Crippen LogP contribution in [0.2, 0.25) is 5.02 Å². The van der Waals surface area contributed by atoms with Gasteiger partial charge in [-0.2, -0.15) is 0 Å². The minimum atomic E-state index is -1.17. The summed E-state index contributed by atoms with van der Waals surface area (Å²) in [5.74, 6) is -1.89. The van der Waals surface area contributed by atoms with Crippen LogP contribution >= 0.6 is 11.6 Å². The predicted molar refractivity (Wildman–Crippen MR) is 90.9 cm³/mol. The van der Waals surface area contributed by atoms with E-state index in [1.165, 1.54) is 18.3 Å². The molecule has 2 heterocycles. The lowest BCUT2D eigenvalue weighted by Gasteiger charge is -2.18. The number of carbonyl (C=O) groups is 3. The van der Waals surface area contributed by atoms with Gasteiger partial charge in [0.15, 0.2) is 0 Å². The van der Waals surface area contributed by atoms with Gasteiger partial charge in [0.1, 0.15) is 11.7 Å². The Bertz CT molecular complexity index is 838. The number of nitrogens with one attached hydrogen (secondary N) is 1. The number of aromatic nitrogens is 1. The van der Waals surface area contributed by atoms with Gasteiger partial charge in [-0.15, -0.1) is 0 Å². The first-order chi connectivity index (χ1) is 12.0. The number of para-hydroxylation sites is 1. The minimum absolute atomic E-state index is 0.154. The van der Waals surface area contributed by atoms with Crippen LogP contribution in [0.15, 0.2) is 42.6 Å². The van der Waals surface area contributed by atoms with Crippen molar-refractivity contribution in [2.45, 2.75) is 12.5 Å². The van der Waals surface area contributed by atoms with Crippen LogP contribution in [0.25, 0.3) is 0 Å². The van der Waals surface area contributed by atoms with Crippen molar-refractivity contribution in [2.75, 3.05) is 11.4 Å². The maximum Gasteiger partial charge on any atom is 0.354 e. The quantitative estimate of drug-likeness (QED) is 0.869. The lowest BCUT2D eigenvalue weighted by molar-refractivity contribution is -0.118. The second-order valence-corrected chi connectivity index (χ2v) is 5.90. The minimum Gasteiger partial charge on any atom is -0.477 e. The number of carboxylic acid groups (broad SMARTS) is 1. The number of nitrogens with zero attached hydrogens (tertiary/aromatic N) is 2. The Kier molecular flexibility index (Phi) is 4.67. The molecule has 1 aromatic carbocycles. The Balaban J connectivity index is 1.69. The van der Waals surface area contributed by atoms with Crippen LogP contribution in [0.3, 0.4) is 0 Å². The number of carbonyl (C=O) groups excluding carboxylic acids is 2. The first-order valence-corrected chi connectivity index (χ1v) is 7.91. The van der Waals surface area contributed by atoms with E-state index in [1.54, 1.807) is 29.2 Å². The number of halogens is 1. The molecular weight excluding hydrogens is 346 g/mol. The highest BCUT2D eigenvalue weighted by atomic mass is 35.5. The largest absolute Gasteiger partial charge is 0.477 e. The maximum atomic E-state index is 12.5. The number of rotatable bonds is 4. The van der Waals surface area contributed by atoms with E-state index in [4.69, 9.17) is 16.7 Å².